The van der Waals surface area contributed by atoms with Gasteiger partial charge < -0.3 is 4.90 Å². The number of nitrogens with zero attached hydrogens (tertiary/aromatic N) is 3. The van der Waals surface area contributed by atoms with Gasteiger partial charge in [-0.15, -0.1) is 0 Å². The lowest BCUT2D eigenvalue weighted by Gasteiger charge is -2.19. The fourth-order valence-electron chi connectivity index (χ4n) is 3.55. The third-order valence-electron chi connectivity index (χ3n) is 5.13. The molecule has 0 radical (unpaired) electrons. The maximum Gasteiger partial charge on any atom is 0.147 e. The largest absolute Gasteiger partial charge is 0.358 e. The number of hydrogen-bond acceptors (Lipinski definition) is 5. The first-order valence-corrected chi connectivity index (χ1v) is 9.38. The van der Waals surface area contributed by atoms with Crippen molar-refractivity contribution >= 4 is 16.9 Å². The Balaban J connectivity index is 1.27. The minimum atomic E-state index is -0.193. The third kappa shape index (κ3) is 4.23. The maximum atomic E-state index is 13.1. The van der Waals surface area contributed by atoms with Gasteiger partial charge in [-0.1, -0.05) is 24.3 Å². The Bertz CT molecular complexity index is 898. The molecule has 1 aliphatic heterocycles. The van der Waals surface area contributed by atoms with Gasteiger partial charge in [0.2, 0.25) is 0 Å². The van der Waals surface area contributed by atoms with Gasteiger partial charge in [0.15, 0.2) is 0 Å². The van der Waals surface area contributed by atoms with E-state index >= 15 is 0 Å². The van der Waals surface area contributed by atoms with E-state index in [1.807, 2.05) is 42.6 Å². The van der Waals surface area contributed by atoms with Crippen LogP contribution in [0.4, 0.5) is 10.2 Å². The number of hydrazine groups is 1. The van der Waals surface area contributed by atoms with Crippen LogP contribution in [0.25, 0.3) is 11.0 Å². The Morgan fingerprint density at radius 1 is 1.07 bits per heavy atom. The fraction of sp³-hybridized carbons (Fsp3) is 0.333. The number of fused-ring (bicyclic) bond motifs is 1. The van der Waals surface area contributed by atoms with Crippen LogP contribution < -0.4 is 15.8 Å². The van der Waals surface area contributed by atoms with Crippen molar-refractivity contribution in [1.82, 2.24) is 20.8 Å². The minimum Gasteiger partial charge on any atom is -0.358 e. The molecule has 140 valence electrons. The topological polar surface area (TPSA) is 53.1 Å². The molecular formula is C21H24FN5. The molecule has 0 spiro atoms. The molecule has 0 saturated carbocycles. The molecule has 1 fully saturated rings. The highest BCUT2D eigenvalue weighted by Crippen LogP contribution is 2.24. The number of benzene rings is 2. The van der Waals surface area contributed by atoms with Crippen molar-refractivity contribution < 1.29 is 4.39 Å². The number of nitrogens with one attached hydrogen (secondary N) is 2. The van der Waals surface area contributed by atoms with Crippen molar-refractivity contribution in [3.8, 4) is 0 Å². The van der Waals surface area contributed by atoms with Gasteiger partial charge in [0, 0.05) is 25.7 Å². The summed E-state index contributed by atoms with van der Waals surface area (Å²) >= 11 is 0. The second kappa shape index (κ2) is 7.98. The molecule has 2 N–H and O–H groups in total. The normalized spacial score (nSPS) is 19.5. The number of aromatic nitrogens is 2. The molecule has 1 aromatic heterocycles. The van der Waals surface area contributed by atoms with E-state index in [2.05, 4.69) is 32.8 Å². The first-order chi connectivity index (χ1) is 13.2. The van der Waals surface area contributed by atoms with Gasteiger partial charge >= 0.3 is 0 Å². The average molecular weight is 365 g/mol. The van der Waals surface area contributed by atoms with Crippen molar-refractivity contribution in [1.29, 1.82) is 0 Å². The zero-order valence-corrected chi connectivity index (χ0v) is 15.4. The molecule has 6 heteroatoms. The minimum absolute atomic E-state index is 0.193. The summed E-state index contributed by atoms with van der Waals surface area (Å²) in [5, 5.41) is 0. The predicted molar refractivity (Wildman–Crippen MR) is 106 cm³/mol. The van der Waals surface area contributed by atoms with E-state index in [0.717, 1.165) is 48.2 Å². The number of para-hydroxylation sites is 2. The quantitative estimate of drug-likeness (QED) is 0.699. The van der Waals surface area contributed by atoms with Gasteiger partial charge in [0.1, 0.15) is 11.6 Å². The summed E-state index contributed by atoms with van der Waals surface area (Å²) in [4.78, 5) is 11.3. The smallest absolute Gasteiger partial charge is 0.147 e. The Kier molecular flexibility index (Phi) is 5.27. The second-order valence-electron chi connectivity index (χ2n) is 7.11. The molecule has 2 atom stereocenters. The molecule has 2 heterocycles. The molecular weight excluding hydrogens is 341 g/mol. The van der Waals surface area contributed by atoms with Gasteiger partial charge in [0.05, 0.1) is 17.2 Å². The fourth-order valence-corrected chi connectivity index (χ4v) is 3.55. The first-order valence-electron chi connectivity index (χ1n) is 9.38. The van der Waals surface area contributed by atoms with Gasteiger partial charge in [-0.3, -0.25) is 15.8 Å². The average Bonchev–Trinajstić information content (AvgIpc) is 3.17. The number of anilines is 1. The summed E-state index contributed by atoms with van der Waals surface area (Å²) in [5.74, 6) is 0.705. The van der Waals surface area contributed by atoms with E-state index < -0.39 is 0 Å². The molecule has 27 heavy (non-hydrogen) atoms. The Labute approximate surface area is 158 Å². The van der Waals surface area contributed by atoms with Crippen LogP contribution in [0.2, 0.25) is 0 Å². The lowest BCUT2D eigenvalue weighted by molar-refractivity contribution is 0.502. The predicted octanol–water partition coefficient (Wildman–Crippen LogP) is 3.59. The van der Waals surface area contributed by atoms with Gasteiger partial charge in [-0.05, 0) is 49.1 Å². The summed E-state index contributed by atoms with van der Waals surface area (Å²) in [5.41, 5.74) is 9.65. The van der Waals surface area contributed by atoms with Gasteiger partial charge in [0.25, 0.3) is 0 Å². The summed E-state index contributed by atoms with van der Waals surface area (Å²) in [6, 6.07) is 15.3. The first kappa shape index (κ1) is 17.8. The lowest BCUT2D eigenvalue weighted by atomic mass is 10.00. The van der Waals surface area contributed by atoms with E-state index in [9.17, 15) is 4.39 Å². The molecule has 2 aromatic carbocycles. The lowest BCUT2D eigenvalue weighted by Crippen LogP contribution is -2.31. The zero-order chi connectivity index (χ0) is 18.6. The molecule has 0 aliphatic carbocycles. The summed E-state index contributed by atoms with van der Waals surface area (Å²) < 4.78 is 13.1. The van der Waals surface area contributed by atoms with Crippen molar-refractivity contribution in [2.75, 3.05) is 18.5 Å². The molecule has 5 nitrogen and oxygen atoms in total. The van der Waals surface area contributed by atoms with Crippen LogP contribution in [0, 0.1) is 5.82 Å². The van der Waals surface area contributed by atoms with E-state index in [1.54, 1.807) is 0 Å². The van der Waals surface area contributed by atoms with Crippen molar-refractivity contribution in [3.05, 3.63) is 66.1 Å². The van der Waals surface area contributed by atoms with Gasteiger partial charge in [-0.2, -0.15) is 0 Å². The highest BCUT2D eigenvalue weighted by molar-refractivity contribution is 5.75. The second-order valence-corrected chi connectivity index (χ2v) is 7.11. The molecule has 1 saturated heterocycles. The molecule has 2 unspecified atom stereocenters. The van der Waals surface area contributed by atoms with Crippen molar-refractivity contribution in [3.63, 3.8) is 0 Å². The molecule has 1 aliphatic rings. The summed E-state index contributed by atoms with van der Waals surface area (Å²) in [6.07, 6.45) is 4.96. The molecule has 3 aromatic rings. The zero-order valence-electron chi connectivity index (χ0n) is 15.4. The standard InChI is InChI=1S/C21H24FN5/c1-27(21-14-23-18-6-2-3-7-19(18)24-21)12-4-5-17-13-20(26-25-17)15-8-10-16(22)11-9-15/h2-3,6-11,14,17,20,25-26H,4-5,12-13H2,1H3. The van der Waals surface area contributed by atoms with Crippen LogP contribution in [0.1, 0.15) is 30.9 Å². The van der Waals surface area contributed by atoms with E-state index in [4.69, 9.17) is 0 Å². The summed E-state index contributed by atoms with van der Waals surface area (Å²) in [6.45, 7) is 0.923. The Morgan fingerprint density at radius 2 is 1.85 bits per heavy atom. The van der Waals surface area contributed by atoms with Crippen LogP contribution in [0.3, 0.4) is 0 Å². The number of rotatable bonds is 6. The third-order valence-corrected chi connectivity index (χ3v) is 5.13. The maximum absolute atomic E-state index is 13.1. The van der Waals surface area contributed by atoms with Crippen LogP contribution in [-0.2, 0) is 0 Å². The van der Waals surface area contributed by atoms with Crippen LogP contribution in [-0.4, -0.2) is 29.6 Å². The highest BCUT2D eigenvalue weighted by Gasteiger charge is 2.24. The molecule has 0 amide bonds. The van der Waals surface area contributed by atoms with Crippen LogP contribution in [0.15, 0.2) is 54.7 Å². The SMILES string of the molecule is CN(CCCC1CC(c2ccc(F)cc2)NN1)c1cnc2ccccc2n1. The molecule has 4 rings (SSSR count). The van der Waals surface area contributed by atoms with Crippen LogP contribution in [0.5, 0.6) is 0 Å². The van der Waals surface area contributed by atoms with E-state index in [0.29, 0.717) is 6.04 Å². The number of hydrogen-bond donors (Lipinski definition) is 2. The van der Waals surface area contributed by atoms with E-state index in [-0.39, 0.29) is 11.9 Å². The Morgan fingerprint density at radius 3 is 2.67 bits per heavy atom. The summed E-state index contributed by atoms with van der Waals surface area (Å²) in [7, 11) is 2.06. The Hall–Kier alpha value is -2.57. The molecule has 0 bridgehead atoms. The highest BCUT2D eigenvalue weighted by atomic mass is 19.1. The van der Waals surface area contributed by atoms with Crippen molar-refractivity contribution in [2.24, 2.45) is 0 Å². The van der Waals surface area contributed by atoms with Gasteiger partial charge in [-0.25, -0.2) is 9.37 Å². The van der Waals surface area contributed by atoms with Crippen LogP contribution >= 0.6 is 0 Å². The van der Waals surface area contributed by atoms with Crippen molar-refractivity contribution in [2.45, 2.75) is 31.3 Å². The monoisotopic (exact) mass is 365 g/mol. The van der Waals surface area contributed by atoms with E-state index in [1.165, 1.54) is 12.1 Å². The number of halogens is 1.